The number of carbonyl (C=O) groups excluding carboxylic acids is 1. The average molecular weight is 471 g/mol. The molecule has 0 spiro atoms. The van der Waals surface area contributed by atoms with E-state index in [1.54, 1.807) is 43.5 Å². The number of anilines is 1. The van der Waals surface area contributed by atoms with Crippen molar-refractivity contribution >= 4 is 17.3 Å². The van der Waals surface area contributed by atoms with Gasteiger partial charge in [0, 0.05) is 23.1 Å². The Morgan fingerprint density at radius 2 is 1.91 bits per heavy atom. The summed E-state index contributed by atoms with van der Waals surface area (Å²) in [5, 5.41) is 6.75. The highest BCUT2D eigenvalue weighted by molar-refractivity contribution is 6.43. The lowest BCUT2D eigenvalue weighted by atomic mass is 9.60. The summed E-state index contributed by atoms with van der Waals surface area (Å²) in [7, 11) is 0. The number of halogens is 3. The number of aromatic nitrogens is 1. The molecule has 0 bridgehead atoms. The van der Waals surface area contributed by atoms with E-state index >= 15 is 0 Å². The fourth-order valence-electron chi connectivity index (χ4n) is 4.23. The number of benzene rings is 2. The number of hydrogen-bond donors (Lipinski definition) is 1. The molecule has 0 unspecified atom stereocenters. The van der Waals surface area contributed by atoms with Gasteiger partial charge in [-0.1, -0.05) is 29.8 Å². The van der Waals surface area contributed by atoms with Crippen LogP contribution < -0.4 is 5.32 Å². The van der Waals surface area contributed by atoms with Crippen LogP contribution in [0.3, 0.4) is 0 Å². The van der Waals surface area contributed by atoms with Gasteiger partial charge < -0.3 is 14.6 Å². The van der Waals surface area contributed by atoms with Crippen molar-refractivity contribution in [2.24, 2.45) is 5.16 Å². The minimum absolute atomic E-state index is 0.0437. The van der Waals surface area contributed by atoms with E-state index in [-0.39, 0.29) is 24.3 Å². The molecular weight excluding hydrogens is 447 g/mol. The summed E-state index contributed by atoms with van der Waals surface area (Å²) in [4.78, 5) is 22.1. The second-order valence-corrected chi connectivity index (χ2v) is 8.21. The molecule has 3 aromatic rings. The maximum Gasteiger partial charge on any atom is 0.416 e. The lowest BCUT2D eigenvalue weighted by molar-refractivity contribution is -0.139. The molecule has 0 atom stereocenters. The van der Waals surface area contributed by atoms with Gasteiger partial charge in [-0.25, -0.2) is 4.98 Å². The third kappa shape index (κ3) is 4.98. The number of alkyl halides is 3. The fourth-order valence-corrected chi connectivity index (χ4v) is 4.23. The standard InChI is InChI=1S/C25H24F3N3O3/c1-2-34-31-21(23(32)30-18-10-8-17(9-11-18)22-15-29-16-33-22)14-24(12-5-13-24)19-6-3-4-7-20(19)25(26,27)28/h3-4,6-11,15-16H,2,5,12-14H2,1H3,(H,30,32)/b31-21-. The Bertz CT molecular complexity index is 1150. The van der Waals surface area contributed by atoms with E-state index < -0.39 is 23.1 Å². The molecule has 1 aliphatic carbocycles. The SMILES string of the molecule is CCO/N=C(/CC1(c2ccccc2C(F)(F)F)CCC1)C(=O)Nc1ccc(-c2cnco2)cc1. The molecule has 0 radical (unpaired) electrons. The Hall–Kier alpha value is -3.62. The van der Waals surface area contributed by atoms with Gasteiger partial charge in [-0.2, -0.15) is 13.2 Å². The molecule has 4 rings (SSSR count). The van der Waals surface area contributed by atoms with Crippen LogP contribution in [-0.4, -0.2) is 23.2 Å². The Kier molecular flexibility index (Phi) is 6.72. The monoisotopic (exact) mass is 471 g/mol. The molecule has 1 N–H and O–H groups in total. The second kappa shape index (κ2) is 9.70. The van der Waals surface area contributed by atoms with Gasteiger partial charge in [-0.15, -0.1) is 0 Å². The first-order valence-electron chi connectivity index (χ1n) is 11.0. The van der Waals surface area contributed by atoms with E-state index in [0.717, 1.165) is 18.1 Å². The van der Waals surface area contributed by atoms with E-state index in [2.05, 4.69) is 15.5 Å². The van der Waals surface area contributed by atoms with Gasteiger partial charge in [0.25, 0.3) is 5.91 Å². The molecule has 1 saturated carbocycles. The first-order valence-corrected chi connectivity index (χ1v) is 11.0. The predicted octanol–water partition coefficient (Wildman–Crippen LogP) is 6.20. The highest BCUT2D eigenvalue weighted by Gasteiger charge is 2.46. The Labute approximate surface area is 194 Å². The smallest absolute Gasteiger partial charge is 0.416 e. The van der Waals surface area contributed by atoms with Crippen LogP contribution in [0.15, 0.2) is 70.7 Å². The lowest BCUT2D eigenvalue weighted by Crippen LogP contribution is -2.41. The molecule has 1 fully saturated rings. The number of oxazole rings is 1. The number of hydrogen-bond acceptors (Lipinski definition) is 5. The van der Waals surface area contributed by atoms with Gasteiger partial charge >= 0.3 is 6.18 Å². The zero-order valence-electron chi connectivity index (χ0n) is 18.6. The number of amides is 1. The Balaban J connectivity index is 1.57. The predicted molar refractivity (Wildman–Crippen MR) is 121 cm³/mol. The molecule has 1 heterocycles. The summed E-state index contributed by atoms with van der Waals surface area (Å²) in [5.41, 5.74) is 0.0517. The van der Waals surface area contributed by atoms with Crippen molar-refractivity contribution in [2.45, 2.75) is 44.2 Å². The van der Waals surface area contributed by atoms with Crippen molar-refractivity contribution in [3.8, 4) is 11.3 Å². The first kappa shape index (κ1) is 23.5. The van der Waals surface area contributed by atoms with Crippen LogP contribution in [0.2, 0.25) is 0 Å². The average Bonchev–Trinajstić information content (AvgIpc) is 3.33. The molecule has 0 aliphatic heterocycles. The highest BCUT2D eigenvalue weighted by atomic mass is 19.4. The van der Waals surface area contributed by atoms with E-state index in [4.69, 9.17) is 9.25 Å². The van der Waals surface area contributed by atoms with Gasteiger partial charge in [0.05, 0.1) is 11.8 Å². The van der Waals surface area contributed by atoms with Crippen LogP contribution in [0.5, 0.6) is 0 Å². The molecule has 9 heteroatoms. The molecule has 1 aromatic heterocycles. The molecule has 2 aromatic carbocycles. The van der Waals surface area contributed by atoms with Crippen molar-refractivity contribution < 1.29 is 27.2 Å². The fraction of sp³-hybridized carbons (Fsp3) is 0.320. The van der Waals surface area contributed by atoms with Crippen molar-refractivity contribution in [1.82, 2.24) is 4.98 Å². The third-order valence-electron chi connectivity index (χ3n) is 6.05. The quantitative estimate of drug-likeness (QED) is 0.313. The molecule has 178 valence electrons. The summed E-state index contributed by atoms with van der Waals surface area (Å²) < 4.78 is 46.4. The molecule has 34 heavy (non-hydrogen) atoms. The summed E-state index contributed by atoms with van der Waals surface area (Å²) in [5.74, 6) is 0.0726. The topological polar surface area (TPSA) is 76.7 Å². The summed E-state index contributed by atoms with van der Waals surface area (Å²) in [6.45, 7) is 1.95. The molecule has 1 amide bonds. The minimum Gasteiger partial charge on any atom is -0.444 e. The molecule has 1 aliphatic rings. The van der Waals surface area contributed by atoms with Gasteiger partial charge in [0.2, 0.25) is 0 Å². The van der Waals surface area contributed by atoms with Crippen LogP contribution in [-0.2, 0) is 21.2 Å². The van der Waals surface area contributed by atoms with Crippen LogP contribution in [0.1, 0.15) is 43.7 Å². The molecular formula is C25H24F3N3O3. The number of rotatable bonds is 8. The van der Waals surface area contributed by atoms with Gasteiger partial charge in [-0.3, -0.25) is 4.79 Å². The normalized spacial score (nSPS) is 15.5. The Morgan fingerprint density at radius 3 is 2.50 bits per heavy atom. The number of carbonyl (C=O) groups is 1. The van der Waals surface area contributed by atoms with Crippen molar-refractivity contribution in [3.05, 3.63) is 72.2 Å². The lowest BCUT2D eigenvalue weighted by Gasteiger charge is -2.43. The van der Waals surface area contributed by atoms with Crippen LogP contribution >= 0.6 is 0 Å². The van der Waals surface area contributed by atoms with Crippen LogP contribution in [0.25, 0.3) is 11.3 Å². The second-order valence-electron chi connectivity index (χ2n) is 8.21. The molecule has 0 saturated heterocycles. The highest BCUT2D eigenvalue weighted by Crippen LogP contribution is 2.50. The van der Waals surface area contributed by atoms with E-state index in [0.29, 0.717) is 24.3 Å². The zero-order valence-corrected chi connectivity index (χ0v) is 18.6. The van der Waals surface area contributed by atoms with Crippen molar-refractivity contribution in [1.29, 1.82) is 0 Å². The minimum atomic E-state index is -4.48. The first-order chi connectivity index (χ1) is 16.3. The van der Waals surface area contributed by atoms with Gasteiger partial charge in [-0.05, 0) is 55.7 Å². The number of oxime groups is 1. The summed E-state index contributed by atoms with van der Waals surface area (Å²) in [6.07, 6.45) is 0.311. The van der Waals surface area contributed by atoms with E-state index in [1.807, 2.05) is 0 Å². The summed E-state index contributed by atoms with van der Waals surface area (Å²) >= 11 is 0. The maximum atomic E-state index is 13.7. The van der Waals surface area contributed by atoms with E-state index in [9.17, 15) is 18.0 Å². The summed E-state index contributed by atoms with van der Waals surface area (Å²) in [6, 6.07) is 12.5. The van der Waals surface area contributed by atoms with Gasteiger partial charge in [0.1, 0.15) is 12.3 Å². The van der Waals surface area contributed by atoms with Gasteiger partial charge in [0.15, 0.2) is 12.2 Å². The number of nitrogens with zero attached hydrogens (tertiary/aromatic N) is 2. The number of nitrogens with one attached hydrogen (secondary N) is 1. The zero-order chi connectivity index (χ0) is 24.2. The van der Waals surface area contributed by atoms with Crippen molar-refractivity contribution in [3.63, 3.8) is 0 Å². The third-order valence-corrected chi connectivity index (χ3v) is 6.05. The largest absolute Gasteiger partial charge is 0.444 e. The maximum absolute atomic E-state index is 13.7. The molecule has 6 nitrogen and oxygen atoms in total. The Morgan fingerprint density at radius 1 is 1.18 bits per heavy atom. The van der Waals surface area contributed by atoms with Crippen LogP contribution in [0.4, 0.5) is 18.9 Å². The van der Waals surface area contributed by atoms with E-state index in [1.165, 1.54) is 18.5 Å². The van der Waals surface area contributed by atoms with Crippen molar-refractivity contribution in [2.75, 3.05) is 11.9 Å². The van der Waals surface area contributed by atoms with Crippen LogP contribution in [0, 0.1) is 0 Å².